The number of nitriles is 1. The molecule has 0 aliphatic heterocycles. The molecule has 160 valence electrons. The van der Waals surface area contributed by atoms with E-state index < -0.39 is 16.1 Å². The zero-order valence-electron chi connectivity index (χ0n) is 17.7. The highest BCUT2D eigenvalue weighted by Gasteiger charge is 2.54. The number of fused-ring (bicyclic) bond motifs is 1. The third-order valence-corrected chi connectivity index (χ3v) is 7.95. The third-order valence-electron chi connectivity index (χ3n) is 7.22. The van der Waals surface area contributed by atoms with Crippen molar-refractivity contribution in [2.45, 2.75) is 65.0 Å². The van der Waals surface area contributed by atoms with Crippen LogP contribution in [0.4, 0.5) is 0 Å². The second-order valence-corrected chi connectivity index (χ2v) is 11.0. The molecule has 0 radical (unpaired) electrons. The topological polar surface area (TPSA) is 110 Å². The van der Waals surface area contributed by atoms with Crippen LogP contribution < -0.4 is 4.72 Å². The summed E-state index contributed by atoms with van der Waals surface area (Å²) in [7, 11) is -1.61. The van der Waals surface area contributed by atoms with E-state index in [1.54, 1.807) is 11.9 Å². The Morgan fingerprint density at radius 1 is 1.39 bits per heavy atom. The standard InChI is InChI=1S/C20H35N3O4S/c1-13(19(25)23(4)12-6-11-21)15-7-9-20(3)10-8-16(22-28(5,26)27)14(2)17(20)18(15)24/h13-18,22,24H,6-10,12H2,1-5H3/t13-,14+,15+,16-,17+,18-,20-/m0/s1. The molecule has 7 nitrogen and oxygen atoms in total. The number of hydrogen-bond acceptors (Lipinski definition) is 5. The molecule has 28 heavy (non-hydrogen) atoms. The summed E-state index contributed by atoms with van der Waals surface area (Å²) in [5.74, 6) is -0.603. The van der Waals surface area contributed by atoms with Gasteiger partial charge < -0.3 is 10.0 Å². The molecule has 0 aromatic carbocycles. The number of aliphatic hydroxyl groups excluding tert-OH is 1. The van der Waals surface area contributed by atoms with Crippen molar-refractivity contribution in [1.29, 1.82) is 5.26 Å². The van der Waals surface area contributed by atoms with Gasteiger partial charge in [0.1, 0.15) is 0 Å². The maximum atomic E-state index is 12.8. The molecule has 0 heterocycles. The molecule has 0 aromatic rings. The minimum atomic E-state index is -3.31. The van der Waals surface area contributed by atoms with Gasteiger partial charge in [-0.2, -0.15) is 5.26 Å². The maximum absolute atomic E-state index is 12.8. The second kappa shape index (κ2) is 8.68. The van der Waals surface area contributed by atoms with E-state index >= 15 is 0 Å². The first-order valence-electron chi connectivity index (χ1n) is 10.2. The van der Waals surface area contributed by atoms with Gasteiger partial charge in [-0.3, -0.25) is 4.79 Å². The Morgan fingerprint density at radius 3 is 2.57 bits per heavy atom. The van der Waals surface area contributed by atoms with Crippen LogP contribution in [0.15, 0.2) is 0 Å². The van der Waals surface area contributed by atoms with E-state index in [0.29, 0.717) is 13.0 Å². The van der Waals surface area contributed by atoms with Crippen LogP contribution in [0, 0.1) is 40.4 Å². The summed E-state index contributed by atoms with van der Waals surface area (Å²) in [6.07, 6.45) is 4.15. The quantitative estimate of drug-likeness (QED) is 0.689. The first kappa shape index (κ1) is 23.1. The molecular formula is C20H35N3O4S. The predicted octanol–water partition coefficient (Wildman–Crippen LogP) is 1.74. The molecule has 0 spiro atoms. The SMILES string of the molecule is C[C@H]1[C@@H]2[C@@H](O)[C@@H]([C@H](C)C(=O)N(C)CCC#N)CC[C@@]2(C)CC[C@@H]1NS(C)(=O)=O. The summed E-state index contributed by atoms with van der Waals surface area (Å²) in [6, 6.07) is 1.86. The van der Waals surface area contributed by atoms with E-state index in [-0.39, 0.29) is 41.0 Å². The fraction of sp³-hybridized carbons (Fsp3) is 0.900. The summed E-state index contributed by atoms with van der Waals surface area (Å²) >= 11 is 0. The fourth-order valence-electron chi connectivity index (χ4n) is 5.59. The Kier molecular flexibility index (Phi) is 7.17. The number of carbonyl (C=O) groups excluding carboxylic acids is 1. The van der Waals surface area contributed by atoms with Crippen molar-refractivity contribution in [2.24, 2.45) is 29.1 Å². The van der Waals surface area contributed by atoms with Crippen LogP contribution in [0.5, 0.6) is 0 Å². The van der Waals surface area contributed by atoms with Crippen LogP contribution in [0.25, 0.3) is 0 Å². The van der Waals surface area contributed by atoms with Crippen LogP contribution in [-0.4, -0.2) is 56.3 Å². The zero-order valence-corrected chi connectivity index (χ0v) is 18.5. The summed E-state index contributed by atoms with van der Waals surface area (Å²) in [4.78, 5) is 14.4. The van der Waals surface area contributed by atoms with Crippen molar-refractivity contribution >= 4 is 15.9 Å². The van der Waals surface area contributed by atoms with Gasteiger partial charge in [0.05, 0.1) is 24.8 Å². The lowest BCUT2D eigenvalue weighted by atomic mass is 9.52. The Hall–Kier alpha value is -1.17. The molecule has 7 atom stereocenters. The molecule has 2 fully saturated rings. The number of sulfonamides is 1. The lowest BCUT2D eigenvalue weighted by Crippen LogP contribution is -2.58. The van der Waals surface area contributed by atoms with Crippen LogP contribution in [0.2, 0.25) is 0 Å². The fourth-order valence-corrected chi connectivity index (χ4v) is 6.48. The van der Waals surface area contributed by atoms with Gasteiger partial charge in [-0.25, -0.2) is 13.1 Å². The molecular weight excluding hydrogens is 378 g/mol. The number of rotatable bonds is 6. The highest BCUT2D eigenvalue weighted by molar-refractivity contribution is 7.88. The second-order valence-electron chi connectivity index (χ2n) is 9.22. The molecule has 1 amide bonds. The van der Waals surface area contributed by atoms with E-state index in [0.717, 1.165) is 25.7 Å². The average molecular weight is 414 g/mol. The molecule has 2 N–H and O–H groups in total. The van der Waals surface area contributed by atoms with Crippen molar-refractivity contribution in [1.82, 2.24) is 9.62 Å². The minimum absolute atomic E-state index is 0.00936. The van der Waals surface area contributed by atoms with Crippen molar-refractivity contribution < 1.29 is 18.3 Å². The van der Waals surface area contributed by atoms with E-state index in [4.69, 9.17) is 5.26 Å². The number of carbonyl (C=O) groups is 1. The van der Waals surface area contributed by atoms with Crippen molar-refractivity contribution in [2.75, 3.05) is 19.8 Å². The van der Waals surface area contributed by atoms with Crippen molar-refractivity contribution in [3.05, 3.63) is 0 Å². The molecule has 2 rings (SSSR count). The zero-order chi connectivity index (χ0) is 21.3. The van der Waals surface area contributed by atoms with Gasteiger partial charge in [0.2, 0.25) is 15.9 Å². The molecule has 2 aliphatic rings. The maximum Gasteiger partial charge on any atom is 0.225 e. The van der Waals surface area contributed by atoms with E-state index in [1.807, 2.05) is 13.8 Å². The van der Waals surface area contributed by atoms with Gasteiger partial charge >= 0.3 is 0 Å². The first-order valence-corrected chi connectivity index (χ1v) is 12.1. The number of hydrogen-bond donors (Lipinski definition) is 2. The van der Waals surface area contributed by atoms with E-state index in [2.05, 4.69) is 17.7 Å². The minimum Gasteiger partial charge on any atom is -0.392 e. The number of nitrogens with one attached hydrogen (secondary N) is 1. The van der Waals surface area contributed by atoms with Gasteiger partial charge in [0.15, 0.2) is 0 Å². The Morgan fingerprint density at radius 2 is 2.00 bits per heavy atom. The summed E-state index contributed by atoms with van der Waals surface area (Å²) < 4.78 is 26.2. The predicted molar refractivity (Wildman–Crippen MR) is 108 cm³/mol. The number of nitrogens with zero attached hydrogens (tertiary/aromatic N) is 2. The van der Waals surface area contributed by atoms with E-state index in [9.17, 15) is 18.3 Å². The van der Waals surface area contributed by atoms with Gasteiger partial charge in [-0.1, -0.05) is 20.8 Å². The van der Waals surface area contributed by atoms with Crippen molar-refractivity contribution in [3.8, 4) is 6.07 Å². The van der Waals surface area contributed by atoms with Crippen LogP contribution >= 0.6 is 0 Å². The van der Waals surface area contributed by atoms with Crippen molar-refractivity contribution in [3.63, 3.8) is 0 Å². The molecule has 0 saturated heterocycles. The van der Waals surface area contributed by atoms with Gasteiger partial charge in [0, 0.05) is 25.6 Å². The Balaban J connectivity index is 2.18. The third kappa shape index (κ3) is 4.87. The molecule has 0 bridgehead atoms. The van der Waals surface area contributed by atoms with Gasteiger partial charge in [0.25, 0.3) is 0 Å². The number of amides is 1. The average Bonchev–Trinajstić information content (AvgIpc) is 2.60. The van der Waals surface area contributed by atoms with E-state index in [1.165, 1.54) is 6.26 Å². The smallest absolute Gasteiger partial charge is 0.225 e. The Bertz CT molecular complexity index is 719. The lowest BCUT2D eigenvalue weighted by molar-refractivity contribution is -0.148. The molecule has 0 unspecified atom stereocenters. The largest absolute Gasteiger partial charge is 0.392 e. The molecule has 8 heteroatoms. The molecule has 2 aliphatic carbocycles. The van der Waals surface area contributed by atoms with Gasteiger partial charge in [-0.05, 0) is 48.9 Å². The summed E-state index contributed by atoms with van der Waals surface area (Å²) in [5, 5.41) is 20.0. The van der Waals surface area contributed by atoms with Crippen LogP contribution in [-0.2, 0) is 14.8 Å². The van der Waals surface area contributed by atoms with Crippen LogP contribution in [0.3, 0.4) is 0 Å². The van der Waals surface area contributed by atoms with Crippen LogP contribution in [0.1, 0.15) is 52.9 Å². The summed E-state index contributed by atoms with van der Waals surface area (Å²) in [6.45, 7) is 6.46. The highest BCUT2D eigenvalue weighted by Crippen LogP contribution is 2.55. The monoisotopic (exact) mass is 413 g/mol. The lowest BCUT2D eigenvalue weighted by Gasteiger charge is -2.56. The number of aliphatic hydroxyl groups is 1. The summed E-state index contributed by atoms with van der Waals surface area (Å²) in [5.41, 5.74) is -0.0412. The molecule has 2 saturated carbocycles. The normalized spacial score (nSPS) is 36.8. The highest BCUT2D eigenvalue weighted by atomic mass is 32.2. The van der Waals surface area contributed by atoms with Gasteiger partial charge in [-0.15, -0.1) is 0 Å². The Labute approximate surface area is 169 Å². The molecule has 0 aromatic heterocycles. The first-order chi connectivity index (χ1) is 12.9.